The molecule has 0 saturated heterocycles. The van der Waals surface area contributed by atoms with Crippen molar-refractivity contribution in [1.82, 2.24) is 9.97 Å². The predicted octanol–water partition coefficient (Wildman–Crippen LogP) is 2.14. The Hall–Kier alpha value is -1.02. The second kappa shape index (κ2) is 5.54. The first kappa shape index (κ1) is 12.4. The molecule has 0 radical (unpaired) electrons. The summed E-state index contributed by atoms with van der Waals surface area (Å²) < 4.78 is 10.2. The van der Waals surface area contributed by atoms with Gasteiger partial charge in [0.15, 0.2) is 5.13 Å². The lowest BCUT2D eigenvalue weighted by Crippen LogP contribution is -1.92. The van der Waals surface area contributed by atoms with E-state index >= 15 is 0 Å². The summed E-state index contributed by atoms with van der Waals surface area (Å²) in [6.45, 7) is 0.966. The van der Waals surface area contributed by atoms with Crippen LogP contribution in [0.3, 0.4) is 0 Å². The molecule has 2 aromatic heterocycles. The third-order valence-electron chi connectivity index (χ3n) is 2.05. The summed E-state index contributed by atoms with van der Waals surface area (Å²) in [5, 5.41) is 3.41. The third kappa shape index (κ3) is 2.81. The molecular weight excluding hydrogens is 258 g/mol. The van der Waals surface area contributed by atoms with Gasteiger partial charge in [0.25, 0.3) is 0 Å². The molecule has 5 nitrogen and oxygen atoms in total. The van der Waals surface area contributed by atoms with Gasteiger partial charge in [-0.25, -0.2) is 9.97 Å². The van der Waals surface area contributed by atoms with E-state index in [0.29, 0.717) is 18.3 Å². The van der Waals surface area contributed by atoms with Crippen molar-refractivity contribution in [2.24, 2.45) is 0 Å². The van der Waals surface area contributed by atoms with Crippen LogP contribution >= 0.6 is 22.7 Å². The van der Waals surface area contributed by atoms with Gasteiger partial charge < -0.3 is 15.2 Å². The minimum absolute atomic E-state index is 0.465. The molecule has 2 heterocycles. The van der Waals surface area contributed by atoms with Crippen molar-refractivity contribution in [2.45, 2.75) is 13.2 Å². The number of rotatable bonds is 5. The smallest absolute Gasteiger partial charge is 0.180 e. The fraction of sp³-hybridized carbons (Fsp3) is 0.400. The zero-order valence-corrected chi connectivity index (χ0v) is 11.2. The Morgan fingerprint density at radius 3 is 2.59 bits per heavy atom. The summed E-state index contributed by atoms with van der Waals surface area (Å²) in [4.78, 5) is 9.74. The number of nitrogens with zero attached hydrogens (tertiary/aromatic N) is 2. The number of aromatic nitrogens is 2. The van der Waals surface area contributed by atoms with Gasteiger partial charge in [-0.2, -0.15) is 0 Å². The lowest BCUT2D eigenvalue weighted by atomic mass is 10.3. The van der Waals surface area contributed by atoms with Crippen molar-refractivity contribution >= 4 is 27.8 Å². The van der Waals surface area contributed by atoms with Crippen LogP contribution in [-0.2, 0) is 22.7 Å². The van der Waals surface area contributed by atoms with Crippen molar-refractivity contribution in [3.63, 3.8) is 0 Å². The Morgan fingerprint density at radius 1 is 1.24 bits per heavy atom. The molecule has 0 unspecified atom stereocenters. The van der Waals surface area contributed by atoms with Crippen LogP contribution in [0, 0.1) is 0 Å². The number of nitrogen functional groups attached to an aromatic ring is 1. The van der Waals surface area contributed by atoms with Gasteiger partial charge in [0, 0.05) is 19.6 Å². The van der Waals surface area contributed by atoms with Gasteiger partial charge in [0.05, 0.1) is 29.5 Å². The molecule has 0 fully saturated rings. The van der Waals surface area contributed by atoms with Crippen LogP contribution in [0.4, 0.5) is 5.13 Å². The molecule has 0 aliphatic heterocycles. The molecule has 0 bridgehead atoms. The number of hydrogen-bond acceptors (Lipinski definition) is 7. The zero-order valence-electron chi connectivity index (χ0n) is 9.60. The van der Waals surface area contributed by atoms with Gasteiger partial charge >= 0.3 is 0 Å². The van der Waals surface area contributed by atoms with Gasteiger partial charge in [-0.1, -0.05) is 0 Å². The number of hydrogen-bond donors (Lipinski definition) is 1. The van der Waals surface area contributed by atoms with E-state index in [-0.39, 0.29) is 0 Å². The molecule has 2 aromatic rings. The average Bonchev–Trinajstić information content (AvgIpc) is 2.86. The topological polar surface area (TPSA) is 70.3 Å². The molecule has 0 saturated carbocycles. The van der Waals surface area contributed by atoms with E-state index in [1.807, 2.05) is 5.38 Å². The molecule has 0 amide bonds. The zero-order chi connectivity index (χ0) is 12.3. The van der Waals surface area contributed by atoms with Gasteiger partial charge in [-0.15, -0.1) is 22.7 Å². The molecule has 92 valence electrons. The van der Waals surface area contributed by atoms with Crippen LogP contribution in [0.5, 0.6) is 0 Å². The Labute approximate surface area is 107 Å². The van der Waals surface area contributed by atoms with Crippen molar-refractivity contribution < 1.29 is 9.47 Å². The van der Waals surface area contributed by atoms with Crippen molar-refractivity contribution in [3.8, 4) is 10.6 Å². The molecule has 0 atom stereocenters. The number of methoxy groups -OCH3 is 2. The molecular formula is C10H13N3O2S2. The second-order valence-electron chi connectivity index (χ2n) is 3.32. The van der Waals surface area contributed by atoms with Crippen LogP contribution in [0.25, 0.3) is 10.6 Å². The maximum Gasteiger partial charge on any atom is 0.180 e. The monoisotopic (exact) mass is 271 g/mol. The highest BCUT2D eigenvalue weighted by Crippen LogP contribution is 2.32. The number of anilines is 1. The van der Waals surface area contributed by atoms with Crippen molar-refractivity contribution in [2.75, 3.05) is 20.0 Å². The van der Waals surface area contributed by atoms with E-state index in [1.165, 1.54) is 11.3 Å². The maximum atomic E-state index is 5.64. The van der Waals surface area contributed by atoms with E-state index < -0.39 is 0 Å². The second-order valence-corrected chi connectivity index (χ2v) is 5.29. The molecule has 17 heavy (non-hydrogen) atoms. The summed E-state index contributed by atoms with van der Waals surface area (Å²) in [5.41, 5.74) is 7.39. The van der Waals surface area contributed by atoms with Crippen LogP contribution in [-0.4, -0.2) is 24.2 Å². The highest BCUT2D eigenvalue weighted by atomic mass is 32.1. The largest absolute Gasteiger partial charge is 0.378 e. The molecule has 0 aliphatic rings. The van der Waals surface area contributed by atoms with Crippen LogP contribution < -0.4 is 5.73 Å². The fourth-order valence-electron chi connectivity index (χ4n) is 1.41. The van der Waals surface area contributed by atoms with Gasteiger partial charge in [-0.05, 0) is 0 Å². The normalized spacial score (nSPS) is 10.9. The highest BCUT2D eigenvalue weighted by Gasteiger charge is 2.15. The first-order valence-electron chi connectivity index (χ1n) is 4.92. The summed E-state index contributed by atoms with van der Waals surface area (Å²) in [6.07, 6.45) is 0. The van der Waals surface area contributed by atoms with Crippen LogP contribution in [0.2, 0.25) is 0 Å². The van der Waals surface area contributed by atoms with E-state index in [1.54, 1.807) is 25.6 Å². The Bertz CT molecular complexity index is 495. The van der Waals surface area contributed by atoms with Gasteiger partial charge in [0.1, 0.15) is 5.01 Å². The van der Waals surface area contributed by atoms with E-state index in [2.05, 4.69) is 9.97 Å². The first-order chi connectivity index (χ1) is 8.24. The summed E-state index contributed by atoms with van der Waals surface area (Å²) in [5.74, 6) is 0. The SMILES string of the molecule is COCc1nc(COC)c(-c2csc(N)n2)s1. The summed E-state index contributed by atoms with van der Waals surface area (Å²) in [6, 6.07) is 0. The quantitative estimate of drug-likeness (QED) is 0.902. The lowest BCUT2D eigenvalue weighted by molar-refractivity contribution is 0.176. The minimum atomic E-state index is 0.465. The van der Waals surface area contributed by atoms with Crippen LogP contribution in [0.15, 0.2) is 5.38 Å². The summed E-state index contributed by atoms with van der Waals surface area (Å²) in [7, 11) is 3.30. The third-order valence-corrected chi connectivity index (χ3v) is 3.81. The predicted molar refractivity (Wildman–Crippen MR) is 69.1 cm³/mol. The Balaban J connectivity index is 2.36. The lowest BCUT2D eigenvalue weighted by Gasteiger charge is -1.96. The maximum absolute atomic E-state index is 5.64. The number of ether oxygens (including phenoxy) is 2. The summed E-state index contributed by atoms with van der Waals surface area (Å²) >= 11 is 2.99. The molecule has 0 aromatic carbocycles. The standard InChI is InChI=1S/C10H13N3O2S2/c1-14-3-6-9(7-5-16-10(11)13-7)17-8(12-6)4-15-2/h5H,3-4H2,1-2H3,(H2,11,13). The Morgan fingerprint density at radius 2 is 2.00 bits per heavy atom. The number of nitrogens with two attached hydrogens (primary N) is 1. The highest BCUT2D eigenvalue weighted by molar-refractivity contribution is 7.16. The van der Waals surface area contributed by atoms with Gasteiger partial charge in [0.2, 0.25) is 0 Å². The molecule has 7 heteroatoms. The molecule has 2 N–H and O–H groups in total. The average molecular weight is 271 g/mol. The van der Waals surface area contributed by atoms with Crippen molar-refractivity contribution in [1.29, 1.82) is 0 Å². The molecule has 0 aliphatic carbocycles. The van der Waals surface area contributed by atoms with Crippen molar-refractivity contribution in [3.05, 3.63) is 16.1 Å². The van der Waals surface area contributed by atoms with E-state index in [9.17, 15) is 0 Å². The minimum Gasteiger partial charge on any atom is -0.378 e. The Kier molecular flexibility index (Phi) is 4.06. The molecule has 0 spiro atoms. The fourth-order valence-corrected chi connectivity index (χ4v) is 3.04. The van der Waals surface area contributed by atoms with E-state index in [0.717, 1.165) is 21.3 Å². The van der Waals surface area contributed by atoms with Gasteiger partial charge in [-0.3, -0.25) is 0 Å². The van der Waals surface area contributed by atoms with E-state index in [4.69, 9.17) is 15.2 Å². The van der Waals surface area contributed by atoms with Crippen LogP contribution in [0.1, 0.15) is 10.7 Å². The first-order valence-corrected chi connectivity index (χ1v) is 6.62. The number of thiazole rings is 2. The molecule has 2 rings (SSSR count).